The van der Waals surface area contributed by atoms with Crippen molar-refractivity contribution in [2.75, 3.05) is 5.32 Å². The molecule has 0 aliphatic heterocycles. The Labute approximate surface area is 108 Å². The van der Waals surface area contributed by atoms with E-state index < -0.39 is 11.5 Å². The summed E-state index contributed by atoms with van der Waals surface area (Å²) in [6.45, 7) is 5.13. The average Bonchev–Trinajstić information content (AvgIpc) is 2.72. The number of nitrogens with one attached hydrogen (secondary N) is 2. The first-order chi connectivity index (χ1) is 8.90. The van der Waals surface area contributed by atoms with Crippen molar-refractivity contribution in [1.29, 1.82) is 0 Å². The minimum absolute atomic E-state index is 0.0532. The van der Waals surface area contributed by atoms with Crippen molar-refractivity contribution in [2.24, 2.45) is 7.05 Å². The van der Waals surface area contributed by atoms with E-state index in [1.165, 1.54) is 7.05 Å². The highest BCUT2D eigenvalue weighted by molar-refractivity contribution is 6.04. The van der Waals surface area contributed by atoms with Crippen LogP contribution in [0.1, 0.15) is 27.4 Å². The largest absolute Gasteiger partial charge is 0.289 e. The van der Waals surface area contributed by atoms with Crippen molar-refractivity contribution in [1.82, 2.24) is 25.0 Å². The molecule has 0 aliphatic rings. The highest BCUT2D eigenvalue weighted by Gasteiger charge is 2.19. The molecule has 2 rings (SSSR count). The number of anilines is 1. The van der Waals surface area contributed by atoms with Crippen LogP contribution in [0, 0.1) is 20.8 Å². The molecule has 2 N–H and O–H groups in total. The lowest BCUT2D eigenvalue weighted by atomic mass is 10.1. The fourth-order valence-electron chi connectivity index (χ4n) is 1.68. The highest BCUT2D eigenvalue weighted by Crippen LogP contribution is 2.08. The van der Waals surface area contributed by atoms with Gasteiger partial charge in [0.2, 0.25) is 5.95 Å². The van der Waals surface area contributed by atoms with Crippen LogP contribution >= 0.6 is 0 Å². The first-order valence-electron chi connectivity index (χ1n) is 5.65. The maximum Gasteiger partial charge on any atom is 0.279 e. The van der Waals surface area contributed by atoms with Crippen molar-refractivity contribution >= 4 is 11.9 Å². The van der Waals surface area contributed by atoms with E-state index in [4.69, 9.17) is 0 Å². The molecule has 8 heteroatoms. The molecule has 8 nitrogen and oxygen atoms in total. The summed E-state index contributed by atoms with van der Waals surface area (Å²) in [5.74, 6) is 0.173. The van der Waals surface area contributed by atoms with E-state index in [0.29, 0.717) is 17.1 Å². The number of aromatic nitrogens is 5. The summed E-state index contributed by atoms with van der Waals surface area (Å²) in [6, 6.07) is 0. The first kappa shape index (κ1) is 12.9. The molecule has 0 aliphatic carbocycles. The van der Waals surface area contributed by atoms with Gasteiger partial charge in [0.25, 0.3) is 11.5 Å². The molecular weight excluding hydrogens is 248 g/mol. The van der Waals surface area contributed by atoms with Crippen molar-refractivity contribution in [2.45, 2.75) is 20.8 Å². The molecule has 0 aromatic carbocycles. The Morgan fingerprint density at radius 1 is 1.32 bits per heavy atom. The number of carbonyl (C=O) groups is 1. The van der Waals surface area contributed by atoms with Gasteiger partial charge in [-0.3, -0.25) is 20.0 Å². The van der Waals surface area contributed by atoms with Gasteiger partial charge in [-0.05, 0) is 26.3 Å². The quantitative estimate of drug-likeness (QED) is 0.797. The van der Waals surface area contributed by atoms with Gasteiger partial charge in [-0.25, -0.2) is 4.68 Å². The highest BCUT2D eigenvalue weighted by atomic mass is 16.2. The normalized spacial score (nSPS) is 10.5. The van der Waals surface area contributed by atoms with E-state index in [-0.39, 0.29) is 11.5 Å². The molecule has 0 bridgehead atoms. The SMILES string of the molecule is Cc1nc(NC(=O)c2c(C)c(C)nn(C)c2=O)n[nH]1. The zero-order valence-electron chi connectivity index (χ0n) is 11.1. The molecule has 2 aromatic heterocycles. The summed E-state index contributed by atoms with van der Waals surface area (Å²) in [4.78, 5) is 28.1. The van der Waals surface area contributed by atoms with E-state index in [1.807, 2.05) is 0 Å². The fourth-order valence-corrected chi connectivity index (χ4v) is 1.68. The molecule has 2 heterocycles. The van der Waals surface area contributed by atoms with Crippen LogP contribution in [0.3, 0.4) is 0 Å². The summed E-state index contributed by atoms with van der Waals surface area (Å²) < 4.78 is 1.14. The van der Waals surface area contributed by atoms with Crippen LogP contribution in [0.25, 0.3) is 0 Å². The number of rotatable bonds is 2. The molecule has 1 amide bonds. The smallest absolute Gasteiger partial charge is 0.279 e. The number of carbonyl (C=O) groups excluding carboxylic acids is 1. The zero-order chi connectivity index (χ0) is 14.2. The van der Waals surface area contributed by atoms with Crippen molar-refractivity contribution < 1.29 is 4.79 Å². The summed E-state index contributed by atoms with van der Waals surface area (Å²) in [6.07, 6.45) is 0. The van der Waals surface area contributed by atoms with E-state index in [2.05, 4.69) is 25.6 Å². The third-order valence-corrected chi connectivity index (χ3v) is 2.78. The van der Waals surface area contributed by atoms with Gasteiger partial charge in [0.15, 0.2) is 0 Å². The lowest BCUT2D eigenvalue weighted by Crippen LogP contribution is -2.31. The number of aromatic amines is 1. The number of amides is 1. The summed E-state index contributed by atoms with van der Waals surface area (Å²) in [5.41, 5.74) is 0.775. The van der Waals surface area contributed by atoms with E-state index in [9.17, 15) is 9.59 Å². The Morgan fingerprint density at radius 2 is 2.00 bits per heavy atom. The third-order valence-electron chi connectivity index (χ3n) is 2.78. The van der Waals surface area contributed by atoms with E-state index in [0.717, 1.165) is 4.68 Å². The van der Waals surface area contributed by atoms with Gasteiger partial charge in [-0.2, -0.15) is 10.1 Å². The Hall–Kier alpha value is -2.51. The Bertz CT molecular complexity index is 700. The number of H-pyrrole nitrogens is 1. The second-order valence-electron chi connectivity index (χ2n) is 4.21. The minimum atomic E-state index is -0.539. The van der Waals surface area contributed by atoms with Crippen LogP contribution in [0.2, 0.25) is 0 Å². The zero-order valence-corrected chi connectivity index (χ0v) is 11.1. The molecule has 0 saturated heterocycles. The van der Waals surface area contributed by atoms with Gasteiger partial charge in [-0.15, -0.1) is 5.10 Å². The van der Waals surface area contributed by atoms with Crippen LogP contribution in [-0.2, 0) is 7.05 Å². The third kappa shape index (κ3) is 2.37. The molecule has 0 spiro atoms. The molecule has 100 valence electrons. The van der Waals surface area contributed by atoms with Crippen molar-refractivity contribution in [3.63, 3.8) is 0 Å². The Balaban J connectivity index is 2.42. The monoisotopic (exact) mass is 262 g/mol. The lowest BCUT2D eigenvalue weighted by molar-refractivity contribution is 0.102. The van der Waals surface area contributed by atoms with Crippen LogP contribution < -0.4 is 10.9 Å². The number of hydrogen-bond donors (Lipinski definition) is 2. The molecule has 0 fully saturated rings. The van der Waals surface area contributed by atoms with Crippen molar-refractivity contribution in [3.05, 3.63) is 33.0 Å². The summed E-state index contributed by atoms with van der Waals surface area (Å²) >= 11 is 0. The van der Waals surface area contributed by atoms with Crippen LogP contribution in [0.15, 0.2) is 4.79 Å². The van der Waals surface area contributed by atoms with Gasteiger partial charge in [0.05, 0.1) is 5.69 Å². The topological polar surface area (TPSA) is 106 Å². The number of aryl methyl sites for hydroxylation is 3. The number of nitrogens with zero attached hydrogens (tertiary/aromatic N) is 4. The minimum Gasteiger partial charge on any atom is -0.289 e. The first-order valence-corrected chi connectivity index (χ1v) is 5.65. The molecule has 2 aromatic rings. The van der Waals surface area contributed by atoms with Gasteiger partial charge < -0.3 is 0 Å². The maximum absolute atomic E-state index is 12.1. The van der Waals surface area contributed by atoms with E-state index in [1.54, 1.807) is 20.8 Å². The summed E-state index contributed by atoms with van der Waals surface area (Å²) in [5, 5.41) is 12.9. The lowest BCUT2D eigenvalue weighted by Gasteiger charge is -2.08. The molecule has 19 heavy (non-hydrogen) atoms. The van der Waals surface area contributed by atoms with Crippen LogP contribution in [0.5, 0.6) is 0 Å². The van der Waals surface area contributed by atoms with Crippen molar-refractivity contribution in [3.8, 4) is 0 Å². The van der Waals surface area contributed by atoms with E-state index >= 15 is 0 Å². The standard InChI is InChI=1S/C11H14N6O2/c1-5-6(2)16-17(4)10(19)8(5)9(18)13-11-12-7(3)14-15-11/h1-4H3,(H2,12,13,14,15,18). The second kappa shape index (κ2) is 4.63. The molecule has 0 radical (unpaired) electrons. The Kier molecular flexibility index (Phi) is 3.16. The molecular formula is C11H14N6O2. The molecule has 0 atom stereocenters. The van der Waals surface area contributed by atoms with Gasteiger partial charge in [0.1, 0.15) is 11.4 Å². The molecule has 0 unspecified atom stereocenters. The van der Waals surface area contributed by atoms with Gasteiger partial charge in [0, 0.05) is 7.05 Å². The Morgan fingerprint density at radius 3 is 2.58 bits per heavy atom. The van der Waals surface area contributed by atoms with Crippen LogP contribution in [0.4, 0.5) is 5.95 Å². The van der Waals surface area contributed by atoms with Crippen LogP contribution in [-0.4, -0.2) is 30.9 Å². The molecule has 0 saturated carbocycles. The second-order valence-corrected chi connectivity index (χ2v) is 4.21. The average molecular weight is 262 g/mol. The predicted octanol–water partition coefficient (Wildman–Crippen LogP) is 0.0760. The predicted molar refractivity (Wildman–Crippen MR) is 68.0 cm³/mol. The maximum atomic E-state index is 12.1. The fraction of sp³-hybridized carbons (Fsp3) is 0.364. The van der Waals surface area contributed by atoms with Gasteiger partial charge >= 0.3 is 0 Å². The van der Waals surface area contributed by atoms with Gasteiger partial charge in [-0.1, -0.05) is 0 Å². The number of hydrogen-bond acceptors (Lipinski definition) is 5. The summed E-state index contributed by atoms with van der Waals surface area (Å²) in [7, 11) is 1.50.